The Morgan fingerprint density at radius 1 is 1.19 bits per heavy atom. The van der Waals surface area contributed by atoms with E-state index in [4.69, 9.17) is 17.0 Å². The van der Waals surface area contributed by atoms with Crippen LogP contribution in [0.4, 0.5) is 0 Å². The molecule has 1 amide bonds. The average Bonchev–Trinajstić information content (AvgIpc) is 3.46. The Morgan fingerprint density at radius 2 is 2.03 bits per heavy atom. The van der Waals surface area contributed by atoms with Crippen LogP contribution in [0.3, 0.4) is 0 Å². The number of halogens is 1. The van der Waals surface area contributed by atoms with E-state index in [2.05, 4.69) is 14.7 Å². The number of aryl methyl sites for hydroxylation is 1. The zero-order valence-electron chi connectivity index (χ0n) is 17.3. The summed E-state index contributed by atoms with van der Waals surface area (Å²) >= 11 is 9.18. The molecule has 1 N–H and O–H groups in total. The van der Waals surface area contributed by atoms with Crippen molar-refractivity contribution >= 4 is 62.7 Å². The minimum Gasteiger partial charge on any atom is -0.318 e. The number of benzene rings is 1. The van der Waals surface area contributed by atoms with Gasteiger partial charge in [0.05, 0.1) is 5.57 Å². The standard InChI is InChI=1S/C23H18ClN5OS2/c1-13-9-15(14(2)28(13)17-6-3-5-16(24)11-17)10-19-21(25)29-23(26-22(19)30)32-20(27-29)12-18-7-4-8-31-18/h3-11,25H,12H2,1-2H3/b19-10+,25-21?. The van der Waals surface area contributed by atoms with Crippen LogP contribution in [-0.4, -0.2) is 31.5 Å². The van der Waals surface area contributed by atoms with Gasteiger partial charge in [-0.15, -0.1) is 11.3 Å². The molecule has 0 saturated heterocycles. The van der Waals surface area contributed by atoms with Crippen molar-refractivity contribution in [3.8, 4) is 5.69 Å². The number of hydrogen-bond donors (Lipinski definition) is 1. The third kappa shape index (κ3) is 3.74. The number of carbonyl (C=O) groups excluding carboxylic acids is 1. The number of hydrazone groups is 1. The number of carbonyl (C=O) groups is 1. The maximum absolute atomic E-state index is 12.8. The van der Waals surface area contributed by atoms with Gasteiger partial charge in [-0.1, -0.05) is 23.7 Å². The van der Waals surface area contributed by atoms with Crippen LogP contribution in [0.25, 0.3) is 11.8 Å². The van der Waals surface area contributed by atoms with Gasteiger partial charge >= 0.3 is 0 Å². The van der Waals surface area contributed by atoms with Gasteiger partial charge in [0.2, 0.25) is 5.17 Å². The van der Waals surface area contributed by atoms with Crippen LogP contribution in [-0.2, 0) is 11.2 Å². The number of hydrogen-bond acceptors (Lipinski definition) is 5. The fourth-order valence-corrected chi connectivity index (χ4v) is 5.66. The van der Waals surface area contributed by atoms with Crippen LogP contribution in [0, 0.1) is 19.3 Å². The second kappa shape index (κ2) is 8.20. The minimum atomic E-state index is -0.422. The molecule has 0 radical (unpaired) electrons. The molecule has 160 valence electrons. The minimum absolute atomic E-state index is 0.0428. The van der Waals surface area contributed by atoms with Crippen molar-refractivity contribution in [2.45, 2.75) is 20.3 Å². The molecule has 0 spiro atoms. The van der Waals surface area contributed by atoms with Gasteiger partial charge in [-0.2, -0.15) is 15.1 Å². The fourth-order valence-electron chi connectivity index (χ4n) is 3.77. The molecule has 2 aromatic heterocycles. The largest absolute Gasteiger partial charge is 0.318 e. The number of rotatable bonds is 4. The maximum Gasteiger partial charge on any atom is 0.283 e. The van der Waals surface area contributed by atoms with Crippen LogP contribution in [0.1, 0.15) is 21.8 Å². The van der Waals surface area contributed by atoms with Crippen molar-refractivity contribution < 1.29 is 4.79 Å². The van der Waals surface area contributed by atoms with E-state index in [-0.39, 0.29) is 11.4 Å². The molecular weight excluding hydrogens is 462 g/mol. The number of thioether (sulfide) groups is 1. The highest BCUT2D eigenvalue weighted by Crippen LogP contribution is 2.31. The van der Waals surface area contributed by atoms with Gasteiger partial charge < -0.3 is 4.57 Å². The molecule has 0 aliphatic carbocycles. The van der Waals surface area contributed by atoms with Crippen molar-refractivity contribution in [2.75, 3.05) is 0 Å². The van der Waals surface area contributed by atoms with Crippen molar-refractivity contribution in [1.29, 1.82) is 5.41 Å². The van der Waals surface area contributed by atoms with Gasteiger partial charge in [0.15, 0.2) is 5.84 Å². The number of fused-ring (bicyclic) bond motifs is 1. The van der Waals surface area contributed by atoms with E-state index in [0.29, 0.717) is 16.6 Å². The second-order valence-electron chi connectivity index (χ2n) is 7.41. The lowest BCUT2D eigenvalue weighted by Gasteiger charge is -2.20. The van der Waals surface area contributed by atoms with Gasteiger partial charge in [0.1, 0.15) is 5.04 Å². The lowest BCUT2D eigenvalue weighted by molar-refractivity contribution is -0.114. The van der Waals surface area contributed by atoms with Crippen molar-refractivity contribution in [3.63, 3.8) is 0 Å². The van der Waals surface area contributed by atoms with E-state index in [9.17, 15) is 4.79 Å². The van der Waals surface area contributed by atoms with Gasteiger partial charge in [-0.05, 0) is 73.0 Å². The molecule has 4 heterocycles. The summed E-state index contributed by atoms with van der Waals surface area (Å²) in [6.07, 6.45) is 2.39. The highest BCUT2D eigenvalue weighted by atomic mass is 35.5. The van der Waals surface area contributed by atoms with E-state index < -0.39 is 5.91 Å². The topological polar surface area (TPSA) is 73.8 Å². The maximum atomic E-state index is 12.8. The van der Waals surface area contributed by atoms with Crippen LogP contribution in [0.2, 0.25) is 5.02 Å². The number of amides is 1. The predicted octanol–water partition coefficient (Wildman–Crippen LogP) is 5.67. The number of amidine groups is 2. The van der Waals surface area contributed by atoms with E-state index >= 15 is 0 Å². The third-order valence-corrected chi connectivity index (χ3v) is 7.26. The average molecular weight is 480 g/mol. The summed E-state index contributed by atoms with van der Waals surface area (Å²) in [6, 6.07) is 13.7. The molecule has 1 aromatic carbocycles. The lowest BCUT2D eigenvalue weighted by atomic mass is 10.1. The number of nitrogens with zero attached hydrogens (tertiary/aromatic N) is 4. The summed E-state index contributed by atoms with van der Waals surface area (Å²) < 4.78 is 2.08. The molecule has 9 heteroatoms. The van der Waals surface area contributed by atoms with E-state index in [1.165, 1.54) is 21.6 Å². The third-order valence-electron chi connectivity index (χ3n) is 5.24. The van der Waals surface area contributed by atoms with Crippen LogP contribution < -0.4 is 0 Å². The Labute approximate surface area is 198 Å². The first-order chi connectivity index (χ1) is 15.4. The first-order valence-electron chi connectivity index (χ1n) is 9.87. The summed E-state index contributed by atoms with van der Waals surface area (Å²) in [4.78, 5) is 18.2. The summed E-state index contributed by atoms with van der Waals surface area (Å²) in [7, 11) is 0. The molecule has 0 bridgehead atoms. The molecular formula is C23H18ClN5OS2. The van der Waals surface area contributed by atoms with Gasteiger partial charge in [-0.3, -0.25) is 10.2 Å². The van der Waals surface area contributed by atoms with Gasteiger partial charge in [-0.25, -0.2) is 0 Å². The van der Waals surface area contributed by atoms with Gasteiger partial charge in [0.25, 0.3) is 5.91 Å². The molecule has 32 heavy (non-hydrogen) atoms. The molecule has 3 aromatic rings. The summed E-state index contributed by atoms with van der Waals surface area (Å²) in [5, 5.41) is 18.6. The Hall–Kier alpha value is -2.94. The number of aromatic nitrogens is 1. The van der Waals surface area contributed by atoms with Crippen LogP contribution in [0.15, 0.2) is 63.5 Å². The van der Waals surface area contributed by atoms with Crippen molar-refractivity contribution in [1.82, 2.24) is 9.58 Å². The van der Waals surface area contributed by atoms with Crippen molar-refractivity contribution in [2.24, 2.45) is 10.1 Å². The normalized spacial score (nSPS) is 17.1. The molecule has 2 aliphatic rings. The highest BCUT2D eigenvalue weighted by Gasteiger charge is 2.35. The summed E-state index contributed by atoms with van der Waals surface area (Å²) in [6.45, 7) is 3.98. The zero-order chi connectivity index (χ0) is 22.4. The lowest BCUT2D eigenvalue weighted by Crippen LogP contribution is -2.35. The molecule has 0 atom stereocenters. The number of nitrogens with one attached hydrogen (secondary N) is 1. The number of aliphatic imine (C=N–C) groups is 1. The first-order valence-corrected chi connectivity index (χ1v) is 11.9. The Kier molecular flexibility index (Phi) is 5.36. The monoisotopic (exact) mass is 479 g/mol. The Bertz CT molecular complexity index is 1350. The molecule has 6 nitrogen and oxygen atoms in total. The molecule has 0 unspecified atom stereocenters. The molecule has 0 saturated carbocycles. The Balaban J connectivity index is 1.48. The first kappa shape index (κ1) is 20.9. The van der Waals surface area contributed by atoms with Gasteiger partial charge in [0, 0.05) is 33.4 Å². The van der Waals surface area contributed by atoms with Crippen LogP contribution >= 0.6 is 34.7 Å². The van der Waals surface area contributed by atoms with E-state index in [1.807, 2.05) is 61.7 Å². The molecule has 2 aliphatic heterocycles. The summed E-state index contributed by atoms with van der Waals surface area (Å²) in [5.41, 5.74) is 3.97. The fraction of sp³-hybridized carbons (Fsp3) is 0.130. The van der Waals surface area contributed by atoms with Crippen LogP contribution in [0.5, 0.6) is 0 Å². The quantitative estimate of drug-likeness (QED) is 0.490. The van der Waals surface area contributed by atoms with Crippen molar-refractivity contribution in [3.05, 3.63) is 80.3 Å². The SMILES string of the molecule is Cc1cc(/C=C2\C(=N)N3N=C(Cc4cccs4)SC3=NC2=O)c(C)n1-c1cccc(Cl)c1. The van der Waals surface area contributed by atoms with E-state index in [0.717, 1.165) is 27.7 Å². The zero-order valence-corrected chi connectivity index (χ0v) is 19.7. The Morgan fingerprint density at radius 3 is 2.78 bits per heavy atom. The smallest absolute Gasteiger partial charge is 0.283 e. The number of thiophene rings is 1. The molecule has 0 fully saturated rings. The highest BCUT2D eigenvalue weighted by molar-refractivity contribution is 8.27. The summed E-state index contributed by atoms with van der Waals surface area (Å²) in [5.74, 6) is -0.380. The second-order valence-corrected chi connectivity index (χ2v) is 9.92. The molecule has 5 rings (SSSR count). The van der Waals surface area contributed by atoms with E-state index in [1.54, 1.807) is 17.4 Å². The predicted molar refractivity (Wildman–Crippen MR) is 133 cm³/mol.